The van der Waals surface area contributed by atoms with Crippen LogP contribution in [0.1, 0.15) is 165 Å². The number of nitriles is 2. The van der Waals surface area contributed by atoms with Gasteiger partial charge in [0.25, 0.3) is 0 Å². The van der Waals surface area contributed by atoms with Crippen LogP contribution in [0.3, 0.4) is 0 Å². The van der Waals surface area contributed by atoms with Crippen molar-refractivity contribution in [1.29, 1.82) is 10.5 Å². The molecule has 2 saturated heterocycles. The van der Waals surface area contributed by atoms with E-state index >= 15 is 0 Å². The number of benzene rings is 4. The number of hydrogen-bond acceptors (Lipinski definition) is 6. The molecule has 85 heavy (non-hydrogen) atoms. The monoisotopic (exact) mass is 1310 g/mol. The van der Waals surface area contributed by atoms with Crippen LogP contribution >= 0.6 is 31.7 Å². The molecule has 6 fully saturated rings. The molecule has 0 N–H and O–H groups in total. The molecule has 0 radical (unpaired) electrons. The van der Waals surface area contributed by atoms with E-state index in [4.69, 9.17) is 10.5 Å². The van der Waals surface area contributed by atoms with Crippen LogP contribution in [0.25, 0.3) is 0 Å². The third-order valence-corrected chi connectivity index (χ3v) is 30.9. The van der Waals surface area contributed by atoms with Crippen LogP contribution in [0, 0.1) is 22.7 Å². The molecule has 21 heteroatoms. The fourth-order valence-corrected chi connectivity index (χ4v) is 28.3. The average Bonchev–Trinajstić information content (AvgIpc) is 3.57. The third-order valence-electron chi connectivity index (χ3n) is 17.1. The molecule has 472 valence electrons. The summed E-state index contributed by atoms with van der Waals surface area (Å²) in [6.07, 6.45) is 41.1. The summed E-state index contributed by atoms with van der Waals surface area (Å²) in [5.41, 5.74) is 10.2. The van der Waals surface area contributed by atoms with Gasteiger partial charge in [0, 0.05) is 71.7 Å². The smallest absolute Gasteiger partial charge is 0.418 e. The topological polar surface area (TPSA) is 60.5 Å². The van der Waals surface area contributed by atoms with E-state index in [9.17, 15) is 34.5 Å². The van der Waals surface area contributed by atoms with E-state index in [1.54, 1.807) is 12.1 Å². The maximum absolute atomic E-state index is 9.75. The second-order valence-corrected chi connectivity index (χ2v) is 35.0. The number of hydrogen-bond donors (Lipinski definition) is 0. The molecule has 4 aromatic carbocycles. The Morgan fingerprint density at radius 1 is 0.329 bits per heavy atom. The second kappa shape index (κ2) is 42.5. The molecule has 10 rings (SSSR count). The quantitative estimate of drug-likeness (QED) is 0.0800. The van der Waals surface area contributed by atoms with Crippen LogP contribution in [0.4, 0.5) is 34.5 Å². The first kappa shape index (κ1) is 74.9. The molecule has 0 atom stereocenters. The van der Waals surface area contributed by atoms with E-state index in [2.05, 4.69) is 141 Å². The van der Waals surface area contributed by atoms with E-state index in [1.807, 2.05) is 0 Å². The molecule has 4 aliphatic carbocycles. The van der Waals surface area contributed by atoms with E-state index in [1.165, 1.54) is 241 Å². The Hall–Kier alpha value is -2.52. The van der Waals surface area contributed by atoms with Gasteiger partial charge < -0.3 is 34.5 Å². The Labute approximate surface area is 521 Å². The Kier molecular flexibility index (Phi) is 37.4. The van der Waals surface area contributed by atoms with Gasteiger partial charge in [0.05, 0.1) is 34.8 Å². The van der Waals surface area contributed by atoms with Gasteiger partial charge in [-0.2, -0.15) is 10.5 Å². The summed E-state index contributed by atoms with van der Waals surface area (Å²) in [6.45, 7) is 7.59. The molecule has 6 aliphatic rings. The first-order chi connectivity index (χ1) is 40.5. The van der Waals surface area contributed by atoms with E-state index in [0.717, 1.165) is 22.6 Å². The molecule has 0 unspecified atom stereocenters. The van der Waals surface area contributed by atoms with Gasteiger partial charge in [0.2, 0.25) is 0 Å². The number of nitrogens with zero attached hydrogens (tertiary/aromatic N) is 6. The maximum Gasteiger partial charge on any atom is 2.00 e. The minimum absolute atomic E-state index is 0. The summed E-state index contributed by atoms with van der Waals surface area (Å²) in [5.74, 6) is 0. The van der Waals surface area contributed by atoms with Crippen molar-refractivity contribution in [2.75, 3.05) is 50.3 Å². The predicted molar refractivity (Wildman–Crippen MR) is 351 cm³/mol. The van der Waals surface area contributed by atoms with Crippen LogP contribution in [0.2, 0.25) is 0 Å². The van der Waals surface area contributed by atoms with E-state index < -0.39 is 46.2 Å². The summed E-state index contributed by atoms with van der Waals surface area (Å²) in [7, 11) is -13.7. The van der Waals surface area contributed by atoms with Crippen molar-refractivity contribution in [3.63, 3.8) is 0 Å². The summed E-state index contributed by atoms with van der Waals surface area (Å²) in [5, 5.41) is 14.6. The fourth-order valence-electron chi connectivity index (χ4n) is 13.6. The molecule has 2 aliphatic heterocycles. The van der Waals surface area contributed by atoms with Crippen molar-refractivity contribution in [2.24, 2.45) is 0 Å². The third kappa shape index (κ3) is 32.7. The first-order valence-corrected chi connectivity index (χ1v) is 39.3. The zero-order valence-corrected chi connectivity index (χ0v) is 55.6. The number of rotatable bonds is 12. The molecule has 0 bridgehead atoms. The van der Waals surface area contributed by atoms with Crippen LogP contribution < -0.4 is 0 Å². The van der Waals surface area contributed by atoms with Gasteiger partial charge in [-0.1, -0.05) is 147 Å². The van der Waals surface area contributed by atoms with Crippen molar-refractivity contribution < 1.29 is 51.0 Å². The van der Waals surface area contributed by atoms with Gasteiger partial charge in [0.15, 0.2) is 0 Å². The molecule has 0 aromatic heterocycles. The normalized spacial score (nSPS) is 23.0. The minimum Gasteiger partial charge on any atom is -0.418 e. The number of halogens is 8. The Morgan fingerprint density at radius 3 is 0.612 bits per heavy atom. The van der Waals surface area contributed by atoms with Crippen molar-refractivity contribution in [1.82, 2.24) is 19.6 Å². The zero-order valence-electron chi connectivity index (χ0n) is 50.7. The summed E-state index contributed by atoms with van der Waals surface area (Å²) in [4.78, 5) is 11.9. The van der Waals surface area contributed by atoms with E-state index in [-0.39, 0.29) is 16.5 Å². The minimum atomic E-state index is -6.00. The van der Waals surface area contributed by atoms with Crippen LogP contribution in [-0.4, -0.2) is 107 Å². The average molecular weight is 1310 g/mol. The second-order valence-electron chi connectivity index (χ2n) is 23.9. The fraction of sp³-hybridized carbons (Fsp3) is 0.594. The maximum atomic E-state index is 9.75. The summed E-state index contributed by atoms with van der Waals surface area (Å²) in [6, 6.07) is 49.0. The standard InChI is InChI=1S/2C30H44N2P2.2C2H3N.2BF4.Ni/c2*1-5-13-27(14-6-1)21-31-23-33(29-17-9-3-10-18-29)25-32(22-28-15-7-2-8-16-28)26-34(24-31)30-19-11-4-12-20-30;2*1-2-3;2*2-1(3,4)5;/h2*1-2,5-8,13-16,29-30H,3-4,9-12,17-26H2;2*1H3;;;/q;;;;2*-1;+2/p+4. The van der Waals surface area contributed by atoms with Crippen LogP contribution in [-0.2, 0) is 42.7 Å². The predicted octanol–water partition coefficient (Wildman–Crippen LogP) is 19.5. The van der Waals surface area contributed by atoms with Gasteiger partial charge in [-0.05, 0) is 125 Å². The molecule has 2 heterocycles. The molecular weight excluding hydrogens is 1210 g/mol. The van der Waals surface area contributed by atoms with Gasteiger partial charge >= 0.3 is 31.0 Å². The molecule has 0 spiro atoms. The summed E-state index contributed by atoms with van der Waals surface area (Å²) >= 11 is 0. The van der Waals surface area contributed by atoms with Crippen LogP contribution in [0.5, 0.6) is 0 Å². The summed E-state index contributed by atoms with van der Waals surface area (Å²) < 4.78 is 78.0. The van der Waals surface area contributed by atoms with Gasteiger partial charge in [-0.25, -0.2) is 19.6 Å². The molecule has 4 aromatic rings. The van der Waals surface area contributed by atoms with Gasteiger partial charge in [0.1, 0.15) is 50.3 Å². The van der Waals surface area contributed by atoms with Gasteiger partial charge in [-0.3, -0.25) is 0 Å². The van der Waals surface area contributed by atoms with Gasteiger partial charge in [-0.15, -0.1) is 0 Å². The molecule has 4 saturated carbocycles. The first-order valence-electron chi connectivity index (χ1n) is 31.3. The molecule has 6 nitrogen and oxygen atoms in total. The van der Waals surface area contributed by atoms with Crippen LogP contribution in [0.15, 0.2) is 121 Å². The van der Waals surface area contributed by atoms with Crippen molar-refractivity contribution in [2.45, 2.75) is 191 Å². The SMILES string of the molecule is CC#N.CC#N.F[B-](F)(F)F.F[B-](F)(F)F.[Ni+2].c1ccc(CN2C[PH+](C3CCCCC3)CN(Cc3ccccc3)C[PH+](C3CCCCC3)C2)cc1.c1ccc(CN2C[PH+](C3CCCCC3)CN(Cc3ccccc3)C[PH+](C3CCCCC3)C2)cc1. The Bertz CT molecular complexity index is 2050. The Balaban J connectivity index is 0.000000288. The van der Waals surface area contributed by atoms with E-state index in [0.29, 0.717) is 0 Å². The molecule has 0 amide bonds. The largest absolute Gasteiger partial charge is 2.00 e. The zero-order chi connectivity index (χ0) is 60.4. The Morgan fingerprint density at radius 2 is 0.471 bits per heavy atom. The van der Waals surface area contributed by atoms with Crippen molar-refractivity contribution in [3.05, 3.63) is 144 Å². The van der Waals surface area contributed by atoms with Crippen molar-refractivity contribution >= 4 is 46.2 Å². The van der Waals surface area contributed by atoms with Crippen molar-refractivity contribution in [3.8, 4) is 12.1 Å². The molecular formula is C64H98B2F8N6NiP4+4.